The molecule has 0 heterocycles. The smallest absolute Gasteiger partial charge is 0.195 e. The van der Waals surface area contributed by atoms with Crippen LogP contribution in [0.3, 0.4) is 0 Å². The third kappa shape index (κ3) is 5.71. The third-order valence-corrected chi connectivity index (χ3v) is 3.30. The summed E-state index contributed by atoms with van der Waals surface area (Å²) in [5.41, 5.74) is 0. The lowest BCUT2D eigenvalue weighted by Gasteiger charge is -2.23. The van der Waals surface area contributed by atoms with Crippen molar-refractivity contribution in [2.45, 2.75) is 44.6 Å². The summed E-state index contributed by atoms with van der Waals surface area (Å²) in [6, 6.07) is 0. The number of hydrogen-bond donors (Lipinski definition) is 0. The first-order valence-electron chi connectivity index (χ1n) is 7.12. The van der Waals surface area contributed by atoms with Crippen molar-refractivity contribution in [3.8, 4) is 0 Å². The summed E-state index contributed by atoms with van der Waals surface area (Å²) >= 11 is 0. The predicted octanol–water partition coefficient (Wildman–Crippen LogP) is 2.21. The van der Waals surface area contributed by atoms with Crippen LogP contribution in [0.5, 0.6) is 0 Å². The number of nitrogens with zero attached hydrogens (tertiary/aromatic N) is 3. The van der Waals surface area contributed by atoms with Gasteiger partial charge in [0.2, 0.25) is 0 Å². The van der Waals surface area contributed by atoms with Gasteiger partial charge in [0.15, 0.2) is 5.96 Å². The Morgan fingerprint density at radius 1 is 1.00 bits per heavy atom. The zero-order chi connectivity index (χ0) is 13.4. The van der Waals surface area contributed by atoms with Gasteiger partial charge in [-0.2, -0.15) is 0 Å². The third-order valence-electron chi connectivity index (χ3n) is 3.30. The maximum Gasteiger partial charge on any atom is 0.195 e. The molecule has 0 unspecified atom stereocenters. The van der Waals surface area contributed by atoms with Gasteiger partial charge in [-0.05, 0) is 12.8 Å². The average molecular weight is 255 g/mol. The second-order valence-corrected chi connectivity index (χ2v) is 5.45. The molecule has 1 aliphatic rings. The van der Waals surface area contributed by atoms with E-state index >= 15 is 0 Å². The van der Waals surface area contributed by atoms with Gasteiger partial charge in [0.25, 0.3) is 0 Å². The Kier molecular flexibility index (Phi) is 7.09. The second kappa shape index (κ2) is 8.35. The molecule has 0 aromatic rings. The van der Waals surface area contributed by atoms with Gasteiger partial charge in [-0.1, -0.05) is 25.7 Å². The Morgan fingerprint density at radius 2 is 1.56 bits per heavy atom. The van der Waals surface area contributed by atoms with Crippen molar-refractivity contribution in [3.05, 3.63) is 0 Å². The minimum Gasteiger partial charge on any atom is -0.376 e. The molecule has 0 bridgehead atoms. The van der Waals surface area contributed by atoms with Crippen LogP contribution in [0.1, 0.15) is 38.5 Å². The molecule has 1 rings (SSSR count). The molecule has 4 heteroatoms. The van der Waals surface area contributed by atoms with Gasteiger partial charge in [0, 0.05) is 28.2 Å². The summed E-state index contributed by atoms with van der Waals surface area (Å²) in [5, 5.41) is 0. The van der Waals surface area contributed by atoms with E-state index in [9.17, 15) is 0 Å². The minimum absolute atomic E-state index is 0.477. The van der Waals surface area contributed by atoms with E-state index in [1.807, 2.05) is 38.0 Å². The van der Waals surface area contributed by atoms with Crippen molar-refractivity contribution in [1.82, 2.24) is 9.80 Å². The van der Waals surface area contributed by atoms with Crippen LogP contribution in [-0.2, 0) is 4.74 Å². The molecule has 0 aliphatic heterocycles. The summed E-state index contributed by atoms with van der Waals surface area (Å²) in [6.07, 6.45) is 8.36. The van der Waals surface area contributed by atoms with Crippen molar-refractivity contribution in [2.75, 3.05) is 41.3 Å². The monoisotopic (exact) mass is 255 g/mol. The summed E-state index contributed by atoms with van der Waals surface area (Å²) in [6.45, 7) is 1.50. The molecule has 0 amide bonds. The largest absolute Gasteiger partial charge is 0.376 e. The first-order chi connectivity index (χ1) is 8.61. The molecule has 0 saturated heterocycles. The summed E-state index contributed by atoms with van der Waals surface area (Å²) in [5.74, 6) is 1.000. The predicted molar refractivity (Wildman–Crippen MR) is 77.1 cm³/mol. The standard InChI is InChI=1S/C14H29N3O/c1-16(2)14(17(3)4)15-11-12-18-13-9-7-5-6-8-10-13/h13H,5-12H2,1-4H3. The van der Waals surface area contributed by atoms with E-state index in [1.165, 1.54) is 38.5 Å². The number of aliphatic imine (C=N–C) groups is 1. The van der Waals surface area contributed by atoms with Crippen LogP contribution in [0.2, 0.25) is 0 Å². The van der Waals surface area contributed by atoms with Crippen LogP contribution in [0.15, 0.2) is 4.99 Å². The van der Waals surface area contributed by atoms with Gasteiger partial charge in [-0.25, -0.2) is 0 Å². The molecule has 1 saturated carbocycles. The lowest BCUT2D eigenvalue weighted by atomic mass is 10.1. The van der Waals surface area contributed by atoms with Crippen LogP contribution < -0.4 is 0 Å². The molecule has 0 N–H and O–H groups in total. The van der Waals surface area contributed by atoms with Crippen LogP contribution in [0.25, 0.3) is 0 Å². The van der Waals surface area contributed by atoms with Gasteiger partial charge in [0.1, 0.15) is 0 Å². The normalized spacial score (nSPS) is 17.1. The highest BCUT2D eigenvalue weighted by Crippen LogP contribution is 2.19. The number of rotatable bonds is 4. The van der Waals surface area contributed by atoms with E-state index in [2.05, 4.69) is 4.99 Å². The highest BCUT2D eigenvalue weighted by atomic mass is 16.5. The van der Waals surface area contributed by atoms with Crippen LogP contribution in [-0.4, -0.2) is 63.2 Å². The second-order valence-electron chi connectivity index (χ2n) is 5.45. The molecular weight excluding hydrogens is 226 g/mol. The number of ether oxygens (including phenoxy) is 1. The van der Waals surface area contributed by atoms with Gasteiger partial charge in [0.05, 0.1) is 19.3 Å². The summed E-state index contributed by atoms with van der Waals surface area (Å²) in [4.78, 5) is 8.64. The molecule has 106 valence electrons. The quantitative estimate of drug-likeness (QED) is 0.334. The minimum atomic E-state index is 0.477. The van der Waals surface area contributed by atoms with Crippen molar-refractivity contribution in [1.29, 1.82) is 0 Å². The highest BCUT2D eigenvalue weighted by Gasteiger charge is 2.12. The molecule has 0 atom stereocenters. The Morgan fingerprint density at radius 3 is 2.06 bits per heavy atom. The first-order valence-corrected chi connectivity index (χ1v) is 7.12. The van der Waals surface area contributed by atoms with Crippen LogP contribution >= 0.6 is 0 Å². The maximum absolute atomic E-state index is 5.93. The van der Waals surface area contributed by atoms with E-state index in [-0.39, 0.29) is 0 Å². The van der Waals surface area contributed by atoms with Gasteiger partial charge in [-0.3, -0.25) is 4.99 Å². The van der Waals surface area contributed by atoms with Gasteiger partial charge >= 0.3 is 0 Å². The average Bonchev–Trinajstić information content (AvgIpc) is 2.56. The molecule has 1 aliphatic carbocycles. The summed E-state index contributed by atoms with van der Waals surface area (Å²) < 4.78 is 5.93. The fourth-order valence-electron chi connectivity index (χ4n) is 2.46. The molecule has 4 nitrogen and oxygen atoms in total. The van der Waals surface area contributed by atoms with Gasteiger partial charge in [-0.15, -0.1) is 0 Å². The van der Waals surface area contributed by atoms with E-state index in [0.29, 0.717) is 6.10 Å². The molecule has 18 heavy (non-hydrogen) atoms. The number of hydrogen-bond acceptors (Lipinski definition) is 2. The molecule has 0 aromatic carbocycles. The zero-order valence-corrected chi connectivity index (χ0v) is 12.5. The van der Waals surface area contributed by atoms with Crippen molar-refractivity contribution in [2.24, 2.45) is 4.99 Å². The van der Waals surface area contributed by atoms with Crippen LogP contribution in [0.4, 0.5) is 0 Å². The fourth-order valence-corrected chi connectivity index (χ4v) is 2.46. The summed E-state index contributed by atoms with van der Waals surface area (Å²) in [7, 11) is 8.08. The Bertz CT molecular complexity index is 233. The van der Waals surface area contributed by atoms with Gasteiger partial charge < -0.3 is 14.5 Å². The van der Waals surface area contributed by atoms with Crippen molar-refractivity contribution >= 4 is 5.96 Å². The van der Waals surface area contributed by atoms with E-state index in [4.69, 9.17) is 4.74 Å². The Labute approximate surface area is 112 Å². The lowest BCUT2D eigenvalue weighted by Crippen LogP contribution is -2.35. The topological polar surface area (TPSA) is 28.1 Å². The van der Waals surface area contributed by atoms with E-state index in [1.54, 1.807) is 0 Å². The fraction of sp³-hybridized carbons (Fsp3) is 0.929. The van der Waals surface area contributed by atoms with Crippen LogP contribution in [0, 0.1) is 0 Å². The van der Waals surface area contributed by atoms with E-state index in [0.717, 1.165) is 19.1 Å². The van der Waals surface area contributed by atoms with Crippen molar-refractivity contribution < 1.29 is 4.74 Å². The molecule has 1 fully saturated rings. The van der Waals surface area contributed by atoms with E-state index < -0.39 is 0 Å². The first kappa shape index (κ1) is 15.3. The van der Waals surface area contributed by atoms with Crippen molar-refractivity contribution in [3.63, 3.8) is 0 Å². The highest BCUT2D eigenvalue weighted by molar-refractivity contribution is 5.79. The Hall–Kier alpha value is -0.770. The maximum atomic E-state index is 5.93. The zero-order valence-electron chi connectivity index (χ0n) is 12.5. The molecule has 0 aromatic heterocycles. The Balaban J connectivity index is 2.25. The molecule has 0 spiro atoms. The molecule has 0 radical (unpaired) electrons. The SMILES string of the molecule is CN(C)C(=NCCOC1CCCCCC1)N(C)C. The molecular formula is C14H29N3O. The number of guanidine groups is 1. The lowest BCUT2D eigenvalue weighted by molar-refractivity contribution is 0.0485.